The molecule has 0 aromatic heterocycles. The summed E-state index contributed by atoms with van der Waals surface area (Å²) in [5, 5.41) is 0. The zero-order valence-corrected chi connectivity index (χ0v) is 30.5. The Balaban J connectivity index is 1.50. The van der Waals surface area contributed by atoms with E-state index in [1.807, 2.05) is 42.2 Å². The van der Waals surface area contributed by atoms with Gasteiger partial charge in [-0.3, -0.25) is 0 Å². The quantitative estimate of drug-likeness (QED) is 0.112. The average Bonchev–Trinajstić information content (AvgIpc) is 3.11. The minimum atomic E-state index is -3.96. The summed E-state index contributed by atoms with van der Waals surface area (Å²) in [6.45, 7) is 0. The first-order chi connectivity index (χ1) is 22.2. The number of para-hydroxylation sites is 4. The zero-order valence-electron chi connectivity index (χ0n) is 24.3. The summed E-state index contributed by atoms with van der Waals surface area (Å²) < 4.78 is 4.22. The molecule has 6 aromatic rings. The van der Waals surface area contributed by atoms with Crippen LogP contribution >= 0.6 is 42.3 Å². The van der Waals surface area contributed by atoms with Crippen LogP contribution in [0.4, 0.5) is 22.7 Å². The van der Waals surface area contributed by atoms with Gasteiger partial charge in [0, 0.05) is 0 Å². The summed E-state index contributed by atoms with van der Waals surface area (Å²) in [6.07, 6.45) is 0. The Morgan fingerprint density at radius 2 is 0.578 bits per heavy atom. The van der Waals surface area contributed by atoms with Crippen LogP contribution < -0.4 is 17.0 Å². The van der Waals surface area contributed by atoms with Gasteiger partial charge in [0.05, 0.1) is 0 Å². The Bertz CT molecular complexity index is 1610. The molecule has 0 atom stereocenters. The van der Waals surface area contributed by atoms with E-state index < -0.39 is 15.6 Å². The van der Waals surface area contributed by atoms with E-state index in [1.54, 1.807) is 0 Å². The molecule has 220 valence electrons. The van der Waals surface area contributed by atoms with Crippen molar-refractivity contribution in [3.8, 4) is 0 Å². The van der Waals surface area contributed by atoms with Crippen LogP contribution in [0.25, 0.3) is 0 Å². The fourth-order valence-electron chi connectivity index (χ4n) is 5.10. The van der Waals surface area contributed by atoms with Crippen molar-refractivity contribution in [3.05, 3.63) is 182 Å². The zero-order chi connectivity index (χ0) is 30.9. The minimum absolute atomic E-state index is 0.803. The van der Waals surface area contributed by atoms with E-state index >= 15 is 0 Å². The Morgan fingerprint density at radius 3 is 0.822 bits per heavy atom. The summed E-state index contributed by atoms with van der Waals surface area (Å²) in [4.78, 5) is 4.40. The predicted molar refractivity (Wildman–Crippen MR) is 208 cm³/mol. The molecular formula is C38H30N2S4Sn. The molecule has 0 aliphatic heterocycles. The van der Waals surface area contributed by atoms with Gasteiger partial charge < -0.3 is 0 Å². The van der Waals surface area contributed by atoms with Crippen LogP contribution in [-0.4, -0.2) is 24.3 Å². The first-order valence-electron chi connectivity index (χ1n) is 14.5. The third kappa shape index (κ3) is 7.37. The molecule has 0 radical (unpaired) electrons. The molecule has 6 aromatic carbocycles. The summed E-state index contributed by atoms with van der Waals surface area (Å²) in [5.41, 5.74) is 4.13. The van der Waals surface area contributed by atoms with Crippen molar-refractivity contribution in [2.45, 2.75) is 0 Å². The molecule has 0 spiro atoms. The molecule has 2 nitrogen and oxygen atoms in total. The van der Waals surface area contributed by atoms with Crippen molar-refractivity contribution < 1.29 is 0 Å². The predicted octanol–water partition coefficient (Wildman–Crippen LogP) is 9.96. The molecule has 0 amide bonds. The van der Waals surface area contributed by atoms with E-state index in [0.29, 0.717) is 0 Å². The van der Waals surface area contributed by atoms with Crippen molar-refractivity contribution in [2.75, 3.05) is 9.80 Å². The van der Waals surface area contributed by atoms with Crippen molar-refractivity contribution >= 4 is 96.5 Å². The molecule has 45 heavy (non-hydrogen) atoms. The van der Waals surface area contributed by atoms with E-state index in [-0.39, 0.29) is 0 Å². The Kier molecular flexibility index (Phi) is 10.7. The Labute approximate surface area is 285 Å². The molecule has 0 fully saturated rings. The van der Waals surface area contributed by atoms with Crippen LogP contribution in [0, 0.1) is 0 Å². The van der Waals surface area contributed by atoms with Crippen LogP contribution in [0.3, 0.4) is 0 Å². The van der Waals surface area contributed by atoms with Gasteiger partial charge in [0.15, 0.2) is 0 Å². The molecule has 0 saturated heterocycles. The van der Waals surface area contributed by atoms with Gasteiger partial charge in [0.1, 0.15) is 0 Å². The van der Waals surface area contributed by atoms with Crippen molar-refractivity contribution in [1.82, 2.24) is 0 Å². The Hall–Kier alpha value is -3.40. The molecule has 0 unspecified atom stereocenters. The summed E-state index contributed by atoms with van der Waals surface area (Å²) in [6, 6.07) is 63.3. The van der Waals surface area contributed by atoms with Gasteiger partial charge in [0.25, 0.3) is 0 Å². The third-order valence-corrected chi connectivity index (χ3v) is 36.0. The normalized spacial score (nSPS) is 11.0. The molecule has 0 heterocycles. The van der Waals surface area contributed by atoms with Crippen LogP contribution in [-0.2, 0) is 0 Å². The van der Waals surface area contributed by atoms with Crippen molar-refractivity contribution in [2.24, 2.45) is 0 Å². The first-order valence-corrected chi connectivity index (χ1v) is 26.8. The number of rotatable bonds is 8. The van der Waals surface area contributed by atoms with Crippen molar-refractivity contribution in [1.29, 1.82) is 0 Å². The second-order valence-corrected chi connectivity index (χ2v) is 32.8. The first kappa shape index (κ1) is 31.6. The third-order valence-electron chi connectivity index (χ3n) is 7.19. The average molecular weight is 762 g/mol. The maximum absolute atomic E-state index is 6.46. The van der Waals surface area contributed by atoms with E-state index in [2.05, 4.69) is 168 Å². The van der Waals surface area contributed by atoms with Gasteiger partial charge in [0.2, 0.25) is 0 Å². The molecule has 7 heteroatoms. The molecule has 0 bridgehead atoms. The number of thiocarbonyl (C=S) groups is 2. The Morgan fingerprint density at radius 1 is 0.356 bits per heavy atom. The van der Waals surface area contributed by atoms with E-state index in [4.69, 9.17) is 24.4 Å². The summed E-state index contributed by atoms with van der Waals surface area (Å²) in [5.74, 6) is 0. The van der Waals surface area contributed by atoms with Crippen LogP contribution in [0.5, 0.6) is 0 Å². The molecule has 0 aliphatic carbocycles. The van der Waals surface area contributed by atoms with Gasteiger partial charge in [-0.2, -0.15) is 0 Å². The molecule has 6 rings (SSSR count). The molecule has 0 N–H and O–H groups in total. The topological polar surface area (TPSA) is 6.48 Å². The second kappa shape index (κ2) is 15.3. The summed E-state index contributed by atoms with van der Waals surface area (Å²) >= 11 is 8.97. The van der Waals surface area contributed by atoms with Gasteiger partial charge in [-0.05, 0) is 0 Å². The van der Waals surface area contributed by atoms with E-state index in [9.17, 15) is 0 Å². The van der Waals surface area contributed by atoms with Crippen LogP contribution in [0.1, 0.15) is 0 Å². The number of anilines is 4. The van der Waals surface area contributed by atoms with Gasteiger partial charge in [-0.25, -0.2) is 0 Å². The van der Waals surface area contributed by atoms with Crippen LogP contribution in [0.2, 0.25) is 0 Å². The van der Waals surface area contributed by atoms with Gasteiger partial charge in [-0.15, -0.1) is 0 Å². The maximum atomic E-state index is 6.46. The second-order valence-electron chi connectivity index (χ2n) is 10.1. The SMILES string of the molecule is S=C([S][Sn]([S]C(=S)N(c1ccccc1)c1ccccc1)([c]1ccccc1)[c]1ccccc1)N(c1ccccc1)c1ccccc1. The van der Waals surface area contributed by atoms with Gasteiger partial charge >= 0.3 is 288 Å². The van der Waals surface area contributed by atoms with E-state index in [0.717, 1.165) is 31.4 Å². The fourth-order valence-corrected chi connectivity index (χ4v) is 36.7. The number of benzene rings is 6. The summed E-state index contributed by atoms with van der Waals surface area (Å²) in [7, 11) is 3.70. The fraction of sp³-hybridized carbons (Fsp3) is 0. The molecule has 0 saturated carbocycles. The number of hydrogen-bond acceptors (Lipinski definition) is 4. The number of hydrogen-bond donors (Lipinski definition) is 0. The number of nitrogens with zero attached hydrogens (tertiary/aromatic N) is 2. The molecule has 0 aliphatic rings. The molecular weight excluding hydrogens is 731 g/mol. The van der Waals surface area contributed by atoms with E-state index in [1.165, 1.54) is 7.16 Å². The monoisotopic (exact) mass is 762 g/mol. The van der Waals surface area contributed by atoms with Crippen LogP contribution in [0.15, 0.2) is 182 Å². The standard InChI is InChI=1S/2C13H11NS2.2C6H5.Sn/c2*15-13(16)14(11-7-3-1-4-8-11)12-9-5-2-6-10-12;2*1-2-4-6-5-3-1;/h2*1-10H,(H,15,16);2*1-5H;/q;;;;+2/p-2. The van der Waals surface area contributed by atoms with Crippen molar-refractivity contribution in [3.63, 3.8) is 0 Å². The van der Waals surface area contributed by atoms with Gasteiger partial charge in [-0.1, -0.05) is 0 Å².